The van der Waals surface area contributed by atoms with Crippen LogP contribution in [0.1, 0.15) is 24.1 Å². The van der Waals surface area contributed by atoms with E-state index in [9.17, 15) is 8.78 Å². The van der Waals surface area contributed by atoms with Gasteiger partial charge in [0.1, 0.15) is 11.6 Å². The molecule has 2 rings (SSSR count). The van der Waals surface area contributed by atoms with Gasteiger partial charge in [-0.25, -0.2) is 8.78 Å². The second kappa shape index (κ2) is 7.47. The van der Waals surface area contributed by atoms with Gasteiger partial charge in [0.05, 0.1) is 0 Å². The van der Waals surface area contributed by atoms with Gasteiger partial charge in [-0.05, 0) is 42.8 Å². The minimum Gasteiger partial charge on any atom is -0.310 e. The summed E-state index contributed by atoms with van der Waals surface area (Å²) in [5.74, 6) is -1.08. The van der Waals surface area contributed by atoms with E-state index in [1.165, 1.54) is 12.1 Å². The maximum Gasteiger partial charge on any atom is 0.132 e. The summed E-state index contributed by atoms with van der Waals surface area (Å²) in [7, 11) is 0. The summed E-state index contributed by atoms with van der Waals surface area (Å²) in [5, 5.41) is 3.16. The van der Waals surface area contributed by atoms with Gasteiger partial charge < -0.3 is 5.32 Å². The van der Waals surface area contributed by atoms with Crippen molar-refractivity contribution in [3.05, 3.63) is 68.1 Å². The average molecular weight is 419 g/mol. The minimum absolute atomic E-state index is 0.0834. The first kappa shape index (κ1) is 16.6. The molecule has 0 amide bonds. The first-order valence-electron chi connectivity index (χ1n) is 6.63. The molecular formula is C16H15Br2F2N. The van der Waals surface area contributed by atoms with Crippen LogP contribution in [-0.4, -0.2) is 6.54 Å². The second-order valence-corrected chi connectivity index (χ2v) is 6.56. The first-order valence-corrected chi connectivity index (χ1v) is 8.22. The zero-order valence-corrected chi connectivity index (χ0v) is 14.6. The van der Waals surface area contributed by atoms with Crippen molar-refractivity contribution < 1.29 is 8.78 Å². The summed E-state index contributed by atoms with van der Waals surface area (Å²) in [6, 6.07) is 9.93. The Bertz CT molecular complexity index is 608. The Morgan fingerprint density at radius 1 is 1.05 bits per heavy atom. The third-order valence-electron chi connectivity index (χ3n) is 3.17. The fourth-order valence-electron chi connectivity index (χ4n) is 2.31. The average Bonchev–Trinajstić information content (AvgIpc) is 2.37. The van der Waals surface area contributed by atoms with Gasteiger partial charge in [-0.3, -0.25) is 0 Å². The van der Waals surface area contributed by atoms with E-state index in [2.05, 4.69) is 37.2 Å². The number of hydrogen-bond donors (Lipinski definition) is 1. The van der Waals surface area contributed by atoms with Crippen LogP contribution in [0.4, 0.5) is 8.78 Å². The highest BCUT2D eigenvalue weighted by Crippen LogP contribution is 2.28. The van der Waals surface area contributed by atoms with Crippen molar-refractivity contribution in [2.45, 2.75) is 19.4 Å². The normalized spacial score (nSPS) is 12.4. The van der Waals surface area contributed by atoms with E-state index in [0.717, 1.165) is 10.0 Å². The standard InChI is InChI=1S/C16H15Br2F2N/c1-2-21-15(7-10-4-3-5-11(17)6-10)16-13(19)8-12(18)9-14(16)20/h3-6,8-9,15,21H,2,7H2,1H3. The van der Waals surface area contributed by atoms with Gasteiger partial charge in [-0.1, -0.05) is 50.9 Å². The van der Waals surface area contributed by atoms with E-state index in [0.29, 0.717) is 17.4 Å². The van der Waals surface area contributed by atoms with Crippen molar-refractivity contribution >= 4 is 31.9 Å². The molecule has 112 valence electrons. The third-order valence-corrected chi connectivity index (χ3v) is 4.12. The molecule has 2 aromatic carbocycles. The third kappa shape index (κ3) is 4.34. The van der Waals surface area contributed by atoms with Gasteiger partial charge in [0.25, 0.3) is 0 Å². The van der Waals surface area contributed by atoms with E-state index in [1.54, 1.807) is 0 Å². The number of benzene rings is 2. The quantitative estimate of drug-likeness (QED) is 0.686. The highest BCUT2D eigenvalue weighted by atomic mass is 79.9. The number of halogens is 4. The number of hydrogen-bond acceptors (Lipinski definition) is 1. The predicted molar refractivity (Wildman–Crippen MR) is 88.3 cm³/mol. The molecule has 0 fully saturated rings. The van der Waals surface area contributed by atoms with Crippen molar-refractivity contribution in [2.24, 2.45) is 0 Å². The van der Waals surface area contributed by atoms with Gasteiger partial charge in [0, 0.05) is 20.6 Å². The summed E-state index contributed by atoms with van der Waals surface area (Å²) in [6.07, 6.45) is 0.517. The van der Waals surface area contributed by atoms with Crippen LogP contribution in [0.3, 0.4) is 0 Å². The molecule has 0 spiro atoms. The minimum atomic E-state index is -0.539. The van der Waals surface area contributed by atoms with E-state index < -0.39 is 17.7 Å². The molecule has 5 heteroatoms. The van der Waals surface area contributed by atoms with Gasteiger partial charge in [0.15, 0.2) is 0 Å². The van der Waals surface area contributed by atoms with Gasteiger partial charge in [-0.15, -0.1) is 0 Å². The van der Waals surface area contributed by atoms with E-state index in [1.807, 2.05) is 31.2 Å². The predicted octanol–water partition coefficient (Wildman–Crippen LogP) is 5.38. The molecule has 2 aromatic rings. The Morgan fingerprint density at radius 3 is 2.29 bits per heavy atom. The van der Waals surface area contributed by atoms with Gasteiger partial charge in [-0.2, -0.15) is 0 Å². The van der Waals surface area contributed by atoms with Crippen LogP contribution in [0.15, 0.2) is 45.3 Å². The fourth-order valence-corrected chi connectivity index (χ4v) is 3.16. The molecular weight excluding hydrogens is 404 g/mol. The van der Waals surface area contributed by atoms with Crippen LogP contribution in [0.2, 0.25) is 0 Å². The van der Waals surface area contributed by atoms with Crippen LogP contribution < -0.4 is 5.32 Å². The van der Waals surface area contributed by atoms with E-state index >= 15 is 0 Å². The molecule has 0 aliphatic heterocycles. The van der Waals surface area contributed by atoms with Crippen LogP contribution >= 0.6 is 31.9 Å². The molecule has 0 aliphatic rings. The highest BCUT2D eigenvalue weighted by molar-refractivity contribution is 9.10. The van der Waals surface area contributed by atoms with Crippen LogP contribution in [0.5, 0.6) is 0 Å². The van der Waals surface area contributed by atoms with Crippen molar-refractivity contribution in [3.63, 3.8) is 0 Å². The van der Waals surface area contributed by atoms with Crippen molar-refractivity contribution in [1.82, 2.24) is 5.32 Å². The van der Waals surface area contributed by atoms with Crippen LogP contribution in [0, 0.1) is 11.6 Å². The van der Waals surface area contributed by atoms with Crippen LogP contribution in [0.25, 0.3) is 0 Å². The van der Waals surface area contributed by atoms with E-state index in [4.69, 9.17) is 0 Å². The summed E-state index contributed by atoms with van der Waals surface area (Å²) in [4.78, 5) is 0. The van der Waals surface area contributed by atoms with Gasteiger partial charge in [0.2, 0.25) is 0 Å². The Labute approximate surface area is 140 Å². The number of likely N-dealkylation sites (N-methyl/N-ethyl adjacent to an activating group) is 1. The summed E-state index contributed by atoms with van der Waals surface area (Å²) in [5.41, 5.74) is 1.09. The zero-order chi connectivity index (χ0) is 15.4. The Kier molecular flexibility index (Phi) is 5.90. The maximum atomic E-state index is 14.1. The molecule has 0 bridgehead atoms. The molecule has 1 N–H and O–H groups in total. The molecule has 0 aliphatic carbocycles. The van der Waals surface area contributed by atoms with Gasteiger partial charge >= 0.3 is 0 Å². The first-order chi connectivity index (χ1) is 10.0. The van der Waals surface area contributed by atoms with Crippen molar-refractivity contribution in [3.8, 4) is 0 Å². The fraction of sp³-hybridized carbons (Fsp3) is 0.250. The largest absolute Gasteiger partial charge is 0.310 e. The summed E-state index contributed by atoms with van der Waals surface area (Å²) < 4.78 is 29.6. The molecule has 1 nitrogen and oxygen atoms in total. The monoisotopic (exact) mass is 417 g/mol. The smallest absolute Gasteiger partial charge is 0.132 e. The molecule has 0 saturated carbocycles. The lowest BCUT2D eigenvalue weighted by atomic mass is 9.98. The summed E-state index contributed by atoms with van der Waals surface area (Å²) in [6.45, 7) is 2.55. The Hall–Kier alpha value is -0.780. The molecule has 0 saturated heterocycles. The SMILES string of the molecule is CCNC(Cc1cccc(Br)c1)c1c(F)cc(Br)cc1F. The molecule has 0 heterocycles. The second-order valence-electron chi connectivity index (χ2n) is 4.73. The molecule has 0 aromatic heterocycles. The van der Waals surface area contributed by atoms with Crippen LogP contribution in [-0.2, 0) is 6.42 Å². The lowest BCUT2D eigenvalue weighted by Crippen LogP contribution is -2.25. The van der Waals surface area contributed by atoms with E-state index in [-0.39, 0.29) is 5.56 Å². The lowest BCUT2D eigenvalue weighted by molar-refractivity contribution is 0.472. The Morgan fingerprint density at radius 2 is 1.71 bits per heavy atom. The zero-order valence-electron chi connectivity index (χ0n) is 11.5. The Balaban J connectivity index is 2.35. The lowest BCUT2D eigenvalue weighted by Gasteiger charge is -2.20. The molecule has 1 atom stereocenters. The maximum absolute atomic E-state index is 14.1. The molecule has 0 radical (unpaired) electrons. The number of rotatable bonds is 5. The summed E-state index contributed by atoms with van der Waals surface area (Å²) >= 11 is 6.52. The number of nitrogens with one attached hydrogen (secondary N) is 1. The molecule has 1 unspecified atom stereocenters. The highest BCUT2D eigenvalue weighted by Gasteiger charge is 2.20. The van der Waals surface area contributed by atoms with Crippen molar-refractivity contribution in [2.75, 3.05) is 6.54 Å². The molecule has 21 heavy (non-hydrogen) atoms. The van der Waals surface area contributed by atoms with Crippen molar-refractivity contribution in [1.29, 1.82) is 0 Å². The topological polar surface area (TPSA) is 12.0 Å².